The molecule has 0 unspecified atom stereocenters. The zero-order valence-electron chi connectivity index (χ0n) is 9.81. The van der Waals surface area contributed by atoms with Crippen LogP contribution in [0.5, 0.6) is 0 Å². The van der Waals surface area contributed by atoms with Crippen LogP contribution in [0, 0.1) is 29.6 Å². The van der Waals surface area contributed by atoms with E-state index in [1.807, 2.05) is 31.2 Å². The first kappa shape index (κ1) is 11.6. The Hall–Kier alpha value is -2.85. The Bertz CT molecular complexity index is 670. The van der Waals surface area contributed by atoms with Gasteiger partial charge in [0.1, 0.15) is 12.1 Å². The van der Waals surface area contributed by atoms with Crippen LogP contribution < -0.4 is 5.73 Å². The van der Waals surface area contributed by atoms with Crippen molar-refractivity contribution in [3.8, 4) is 23.4 Å². The van der Waals surface area contributed by atoms with Gasteiger partial charge in [-0.05, 0) is 42.8 Å². The number of rotatable bonds is 1. The van der Waals surface area contributed by atoms with E-state index >= 15 is 0 Å². The Morgan fingerprint density at radius 2 is 1.89 bits per heavy atom. The minimum absolute atomic E-state index is 0.134. The van der Waals surface area contributed by atoms with Gasteiger partial charge in [0.15, 0.2) is 5.69 Å². The highest BCUT2D eigenvalue weighted by atomic mass is 14.7. The van der Waals surface area contributed by atoms with Crippen LogP contribution >= 0.6 is 0 Å². The van der Waals surface area contributed by atoms with Crippen LogP contribution in [0.25, 0.3) is 11.3 Å². The second kappa shape index (κ2) is 4.57. The lowest BCUT2D eigenvalue weighted by Gasteiger charge is -2.05. The summed E-state index contributed by atoms with van der Waals surface area (Å²) in [5.41, 5.74) is 9.34. The van der Waals surface area contributed by atoms with E-state index in [0.717, 1.165) is 11.1 Å². The molecule has 18 heavy (non-hydrogen) atoms. The fourth-order valence-corrected chi connectivity index (χ4v) is 1.76. The largest absolute Gasteiger partial charge is 0.399 e. The van der Waals surface area contributed by atoms with Crippen LogP contribution in [-0.4, -0.2) is 4.98 Å². The van der Waals surface area contributed by atoms with Crippen molar-refractivity contribution in [2.45, 2.75) is 6.92 Å². The van der Waals surface area contributed by atoms with Gasteiger partial charge >= 0.3 is 0 Å². The summed E-state index contributed by atoms with van der Waals surface area (Å²) in [7, 11) is 0. The van der Waals surface area contributed by atoms with Gasteiger partial charge < -0.3 is 5.73 Å². The predicted molar refractivity (Wildman–Crippen MR) is 68.3 cm³/mol. The molecule has 0 aliphatic heterocycles. The fraction of sp³-hybridized carbons (Fsp3) is 0.0714. The predicted octanol–water partition coefficient (Wildman–Crippen LogP) is 2.38. The molecular formula is C14H10N4. The van der Waals surface area contributed by atoms with Gasteiger partial charge in [-0.2, -0.15) is 10.5 Å². The molecule has 2 aromatic rings. The Morgan fingerprint density at radius 1 is 1.11 bits per heavy atom. The first-order valence-electron chi connectivity index (χ1n) is 5.33. The van der Waals surface area contributed by atoms with E-state index in [1.54, 1.807) is 18.2 Å². The van der Waals surface area contributed by atoms with Crippen molar-refractivity contribution in [2.75, 3.05) is 5.73 Å². The molecule has 2 rings (SSSR count). The van der Waals surface area contributed by atoms with E-state index in [1.165, 1.54) is 0 Å². The average Bonchev–Trinajstić information content (AvgIpc) is 2.36. The number of nitrogen functional groups attached to an aromatic ring is 1. The lowest BCUT2D eigenvalue weighted by molar-refractivity contribution is 1.24. The smallest absolute Gasteiger partial charge is 0.158 e. The SMILES string of the molecule is Cc1cc(N)cc(-c2ccc(C#N)c(C#N)n2)c1. The monoisotopic (exact) mass is 234 g/mol. The van der Waals surface area contributed by atoms with Gasteiger partial charge in [0.05, 0.1) is 11.3 Å². The second-order valence-corrected chi connectivity index (χ2v) is 3.95. The quantitative estimate of drug-likeness (QED) is 0.767. The molecule has 2 N–H and O–H groups in total. The minimum atomic E-state index is 0.134. The zero-order chi connectivity index (χ0) is 13.1. The summed E-state index contributed by atoms with van der Waals surface area (Å²) >= 11 is 0. The maximum absolute atomic E-state index is 8.94. The number of hydrogen-bond donors (Lipinski definition) is 1. The second-order valence-electron chi connectivity index (χ2n) is 3.95. The van der Waals surface area contributed by atoms with Crippen molar-refractivity contribution >= 4 is 5.69 Å². The fourth-order valence-electron chi connectivity index (χ4n) is 1.76. The number of anilines is 1. The van der Waals surface area contributed by atoms with Crippen molar-refractivity contribution in [1.82, 2.24) is 4.98 Å². The van der Waals surface area contributed by atoms with Crippen molar-refractivity contribution in [3.63, 3.8) is 0 Å². The summed E-state index contributed by atoms with van der Waals surface area (Å²) in [6.07, 6.45) is 0. The molecule has 0 amide bonds. The van der Waals surface area contributed by atoms with Crippen LogP contribution in [0.1, 0.15) is 16.8 Å². The molecule has 0 fully saturated rings. The third kappa shape index (κ3) is 2.14. The summed E-state index contributed by atoms with van der Waals surface area (Å²) in [5, 5.41) is 17.8. The lowest BCUT2D eigenvalue weighted by atomic mass is 10.1. The average molecular weight is 234 g/mol. The molecule has 86 valence electrons. The zero-order valence-corrected chi connectivity index (χ0v) is 9.81. The Labute approximate surface area is 105 Å². The summed E-state index contributed by atoms with van der Waals surface area (Å²) in [5.74, 6) is 0. The molecule has 0 saturated carbocycles. The van der Waals surface area contributed by atoms with Gasteiger partial charge in [-0.15, -0.1) is 0 Å². The summed E-state index contributed by atoms with van der Waals surface area (Å²) in [6.45, 7) is 1.94. The molecule has 0 spiro atoms. The van der Waals surface area contributed by atoms with Gasteiger partial charge in [-0.3, -0.25) is 0 Å². The molecule has 0 bridgehead atoms. The third-order valence-corrected chi connectivity index (χ3v) is 2.52. The topological polar surface area (TPSA) is 86.5 Å². The van der Waals surface area contributed by atoms with E-state index in [0.29, 0.717) is 11.4 Å². The lowest BCUT2D eigenvalue weighted by Crippen LogP contribution is -1.94. The van der Waals surface area contributed by atoms with Crippen molar-refractivity contribution in [3.05, 3.63) is 47.2 Å². The Balaban J connectivity index is 2.59. The number of aryl methyl sites for hydroxylation is 1. The van der Waals surface area contributed by atoms with Crippen LogP contribution in [-0.2, 0) is 0 Å². The molecule has 0 saturated heterocycles. The van der Waals surface area contributed by atoms with Gasteiger partial charge in [0.25, 0.3) is 0 Å². The van der Waals surface area contributed by atoms with Crippen LogP contribution in [0.15, 0.2) is 30.3 Å². The Morgan fingerprint density at radius 3 is 2.50 bits per heavy atom. The first-order chi connectivity index (χ1) is 8.63. The molecule has 4 nitrogen and oxygen atoms in total. The summed E-state index contributed by atoms with van der Waals surface area (Å²) < 4.78 is 0. The number of benzene rings is 1. The van der Waals surface area contributed by atoms with Gasteiger partial charge in [0, 0.05) is 11.3 Å². The highest BCUT2D eigenvalue weighted by Crippen LogP contribution is 2.22. The van der Waals surface area contributed by atoms with E-state index in [-0.39, 0.29) is 11.3 Å². The maximum atomic E-state index is 8.94. The number of hydrogen-bond acceptors (Lipinski definition) is 4. The molecule has 0 aliphatic carbocycles. The van der Waals surface area contributed by atoms with E-state index in [9.17, 15) is 0 Å². The number of nitriles is 2. The maximum Gasteiger partial charge on any atom is 0.158 e. The molecular weight excluding hydrogens is 224 g/mol. The van der Waals surface area contributed by atoms with Crippen molar-refractivity contribution in [2.24, 2.45) is 0 Å². The molecule has 1 heterocycles. The minimum Gasteiger partial charge on any atom is -0.399 e. The molecule has 0 radical (unpaired) electrons. The number of aromatic nitrogens is 1. The highest BCUT2D eigenvalue weighted by Gasteiger charge is 2.07. The summed E-state index contributed by atoms with van der Waals surface area (Å²) in [4.78, 5) is 4.18. The van der Waals surface area contributed by atoms with Gasteiger partial charge in [0.2, 0.25) is 0 Å². The van der Waals surface area contributed by atoms with Gasteiger partial charge in [-0.25, -0.2) is 4.98 Å². The normalized spacial score (nSPS) is 9.50. The standard InChI is InChI=1S/C14H10N4/c1-9-4-11(6-12(17)5-9)13-3-2-10(7-15)14(8-16)18-13/h2-6H,17H2,1H3. The van der Waals surface area contributed by atoms with E-state index in [2.05, 4.69) is 4.98 Å². The molecule has 1 aromatic carbocycles. The third-order valence-electron chi connectivity index (χ3n) is 2.52. The number of nitrogens with zero attached hydrogens (tertiary/aromatic N) is 3. The van der Waals surface area contributed by atoms with Crippen molar-refractivity contribution in [1.29, 1.82) is 10.5 Å². The van der Waals surface area contributed by atoms with Crippen LogP contribution in [0.2, 0.25) is 0 Å². The highest BCUT2D eigenvalue weighted by molar-refractivity contribution is 5.66. The van der Waals surface area contributed by atoms with Crippen molar-refractivity contribution < 1.29 is 0 Å². The Kier molecular flexibility index (Phi) is 2.95. The van der Waals surface area contributed by atoms with Crippen LogP contribution in [0.4, 0.5) is 5.69 Å². The molecule has 0 atom stereocenters. The number of nitrogens with two attached hydrogens (primary N) is 1. The summed E-state index contributed by atoms with van der Waals surface area (Å²) in [6, 6.07) is 12.8. The van der Waals surface area contributed by atoms with E-state index in [4.69, 9.17) is 16.3 Å². The molecule has 1 aromatic heterocycles. The van der Waals surface area contributed by atoms with Crippen LogP contribution in [0.3, 0.4) is 0 Å². The first-order valence-corrected chi connectivity index (χ1v) is 5.33. The van der Waals surface area contributed by atoms with E-state index < -0.39 is 0 Å². The molecule has 0 aliphatic rings. The van der Waals surface area contributed by atoms with Gasteiger partial charge in [-0.1, -0.05) is 0 Å². The number of pyridine rings is 1. The molecule has 4 heteroatoms.